The van der Waals surface area contributed by atoms with Crippen LogP contribution < -0.4 is 0 Å². The lowest BCUT2D eigenvalue weighted by Crippen LogP contribution is -2.18. The number of hydrogen-bond donors (Lipinski definition) is 0. The minimum atomic E-state index is -2.52. The average Bonchev–Trinajstić information content (AvgIpc) is 2.30. The maximum absolute atomic E-state index is 6.28. The minimum Gasteiger partial charge on any atom is -0.315 e. The van der Waals surface area contributed by atoms with Crippen molar-refractivity contribution in [2.45, 2.75) is 76.4 Å². The SMILES string of the molecule is S=P(Cl)(OC1CCCCC1)OC1CCCCC1. The fourth-order valence-electron chi connectivity index (χ4n) is 2.72. The lowest BCUT2D eigenvalue weighted by Gasteiger charge is -2.30. The van der Waals surface area contributed by atoms with Gasteiger partial charge in [0, 0.05) is 0 Å². The van der Waals surface area contributed by atoms with E-state index >= 15 is 0 Å². The van der Waals surface area contributed by atoms with E-state index in [0.29, 0.717) is 0 Å². The van der Waals surface area contributed by atoms with Gasteiger partial charge in [-0.15, -0.1) is 0 Å². The molecule has 0 unspecified atom stereocenters. The minimum absolute atomic E-state index is 0.246. The molecule has 0 N–H and O–H groups in total. The highest BCUT2D eigenvalue weighted by atomic mass is 35.7. The Kier molecular flexibility index (Phi) is 5.76. The Morgan fingerprint density at radius 1 is 0.765 bits per heavy atom. The first-order chi connectivity index (χ1) is 8.16. The third-order valence-electron chi connectivity index (χ3n) is 3.65. The third-order valence-corrected chi connectivity index (χ3v) is 5.75. The number of rotatable bonds is 4. The van der Waals surface area contributed by atoms with Crippen LogP contribution in [0.25, 0.3) is 0 Å². The molecule has 2 nitrogen and oxygen atoms in total. The summed E-state index contributed by atoms with van der Waals surface area (Å²) in [5.74, 6) is -2.52. The quantitative estimate of drug-likeness (QED) is 0.669. The van der Waals surface area contributed by atoms with Crippen molar-refractivity contribution in [3.63, 3.8) is 0 Å². The molecule has 100 valence electrons. The first kappa shape index (κ1) is 14.3. The highest BCUT2D eigenvalue weighted by Crippen LogP contribution is 2.58. The van der Waals surface area contributed by atoms with E-state index in [1.54, 1.807) is 0 Å². The smallest absolute Gasteiger partial charge is 0.282 e. The molecule has 2 aliphatic carbocycles. The van der Waals surface area contributed by atoms with Gasteiger partial charge in [0.1, 0.15) is 0 Å². The maximum atomic E-state index is 6.28. The normalized spacial score (nSPS) is 25.0. The second-order valence-electron chi connectivity index (χ2n) is 5.16. The van der Waals surface area contributed by atoms with Gasteiger partial charge in [-0.25, -0.2) is 0 Å². The molecule has 0 aromatic heterocycles. The summed E-state index contributed by atoms with van der Waals surface area (Å²) < 4.78 is 11.7. The van der Waals surface area contributed by atoms with E-state index in [1.807, 2.05) is 0 Å². The molecule has 0 spiro atoms. The lowest BCUT2D eigenvalue weighted by molar-refractivity contribution is 0.108. The summed E-state index contributed by atoms with van der Waals surface area (Å²) in [6.07, 6.45) is 12.5. The Balaban J connectivity index is 1.78. The van der Waals surface area contributed by atoms with Crippen molar-refractivity contribution in [1.29, 1.82) is 0 Å². The van der Waals surface area contributed by atoms with E-state index in [1.165, 1.54) is 38.5 Å². The summed E-state index contributed by atoms with van der Waals surface area (Å²) in [4.78, 5) is 0. The topological polar surface area (TPSA) is 18.5 Å². The molecule has 0 heterocycles. The Morgan fingerprint density at radius 2 is 1.12 bits per heavy atom. The first-order valence-electron chi connectivity index (χ1n) is 6.82. The average molecular weight is 297 g/mol. The van der Waals surface area contributed by atoms with Gasteiger partial charge in [-0.05, 0) is 48.7 Å². The fraction of sp³-hybridized carbons (Fsp3) is 1.00. The summed E-state index contributed by atoms with van der Waals surface area (Å²) in [7, 11) is 0. The van der Waals surface area contributed by atoms with E-state index in [2.05, 4.69) is 0 Å². The summed E-state index contributed by atoms with van der Waals surface area (Å²) in [6.45, 7) is 0. The largest absolute Gasteiger partial charge is 0.315 e. The van der Waals surface area contributed by atoms with Crippen LogP contribution in [-0.2, 0) is 20.9 Å². The van der Waals surface area contributed by atoms with Crippen molar-refractivity contribution in [2.75, 3.05) is 0 Å². The highest BCUT2D eigenvalue weighted by molar-refractivity contribution is 8.22. The number of halogens is 1. The standard InChI is InChI=1S/C12H22ClO2PS/c13-16(17,14-11-7-3-1-4-8-11)15-12-9-5-2-6-10-12/h11-12H,1-10H2. The predicted octanol–water partition coefficient (Wildman–Crippen LogP) is 5.15. The van der Waals surface area contributed by atoms with Crippen LogP contribution >= 0.6 is 17.1 Å². The van der Waals surface area contributed by atoms with E-state index in [9.17, 15) is 0 Å². The molecular formula is C12H22ClO2PS. The van der Waals surface area contributed by atoms with Crippen LogP contribution in [-0.4, -0.2) is 12.2 Å². The van der Waals surface area contributed by atoms with Gasteiger partial charge in [0.05, 0.1) is 12.2 Å². The van der Waals surface area contributed by atoms with Crippen LogP contribution in [0.1, 0.15) is 64.2 Å². The van der Waals surface area contributed by atoms with Gasteiger partial charge in [0.2, 0.25) is 0 Å². The number of hydrogen-bond acceptors (Lipinski definition) is 3. The molecule has 2 fully saturated rings. The van der Waals surface area contributed by atoms with Crippen LogP contribution in [0.4, 0.5) is 0 Å². The Hall–Kier alpha value is 0.860. The van der Waals surface area contributed by atoms with Gasteiger partial charge in [0.25, 0.3) is 5.84 Å². The molecule has 0 bridgehead atoms. The van der Waals surface area contributed by atoms with Gasteiger partial charge in [-0.1, -0.05) is 38.5 Å². The Bertz CT molecular complexity index is 252. The van der Waals surface area contributed by atoms with Crippen molar-refractivity contribution in [2.24, 2.45) is 0 Å². The van der Waals surface area contributed by atoms with Gasteiger partial charge in [-0.2, -0.15) is 0 Å². The van der Waals surface area contributed by atoms with Crippen molar-refractivity contribution in [1.82, 2.24) is 0 Å². The van der Waals surface area contributed by atoms with E-state index in [4.69, 9.17) is 32.1 Å². The van der Waals surface area contributed by atoms with E-state index in [-0.39, 0.29) is 12.2 Å². The molecule has 0 saturated heterocycles. The summed E-state index contributed by atoms with van der Waals surface area (Å²) in [6, 6.07) is 0. The zero-order valence-corrected chi connectivity index (χ0v) is 12.7. The van der Waals surface area contributed by atoms with Crippen LogP contribution in [0.15, 0.2) is 0 Å². The zero-order chi connectivity index (χ0) is 12.1. The fourth-order valence-corrected chi connectivity index (χ4v) is 5.31. The highest BCUT2D eigenvalue weighted by Gasteiger charge is 2.27. The molecule has 2 saturated carbocycles. The monoisotopic (exact) mass is 296 g/mol. The molecule has 0 aromatic carbocycles. The molecule has 0 aromatic rings. The van der Waals surface area contributed by atoms with Gasteiger partial charge >= 0.3 is 0 Å². The second kappa shape index (κ2) is 6.86. The van der Waals surface area contributed by atoms with Crippen LogP contribution in [0.3, 0.4) is 0 Å². The molecule has 17 heavy (non-hydrogen) atoms. The van der Waals surface area contributed by atoms with Crippen LogP contribution in [0, 0.1) is 0 Å². The maximum Gasteiger partial charge on any atom is 0.282 e. The summed E-state index contributed by atoms with van der Waals surface area (Å²) >= 11 is 11.6. The zero-order valence-electron chi connectivity index (χ0n) is 10.3. The van der Waals surface area contributed by atoms with Crippen molar-refractivity contribution in [3.05, 3.63) is 0 Å². The first-order valence-corrected chi connectivity index (χ1v) is 10.4. The van der Waals surface area contributed by atoms with Crippen molar-refractivity contribution < 1.29 is 9.05 Å². The summed E-state index contributed by atoms with van der Waals surface area (Å²) in [5.41, 5.74) is 0. The van der Waals surface area contributed by atoms with Crippen molar-refractivity contribution in [3.8, 4) is 0 Å². The van der Waals surface area contributed by atoms with Crippen LogP contribution in [0.5, 0.6) is 0 Å². The molecule has 0 aliphatic heterocycles. The molecule has 0 radical (unpaired) electrons. The predicted molar refractivity (Wildman–Crippen MR) is 76.1 cm³/mol. The molecule has 0 atom stereocenters. The molecule has 2 rings (SSSR count). The van der Waals surface area contributed by atoms with Gasteiger partial charge < -0.3 is 9.05 Å². The Labute approximate surface area is 114 Å². The summed E-state index contributed by atoms with van der Waals surface area (Å²) in [5, 5.41) is 0. The van der Waals surface area contributed by atoms with Crippen molar-refractivity contribution >= 4 is 28.9 Å². The Morgan fingerprint density at radius 3 is 1.47 bits per heavy atom. The third kappa shape index (κ3) is 5.16. The molecule has 2 aliphatic rings. The molecular weight excluding hydrogens is 275 g/mol. The van der Waals surface area contributed by atoms with Gasteiger partial charge in [-0.3, -0.25) is 0 Å². The van der Waals surface area contributed by atoms with E-state index < -0.39 is 5.84 Å². The van der Waals surface area contributed by atoms with E-state index in [0.717, 1.165) is 25.7 Å². The van der Waals surface area contributed by atoms with Gasteiger partial charge in [0.15, 0.2) is 0 Å². The lowest BCUT2D eigenvalue weighted by atomic mass is 9.98. The molecule has 0 amide bonds. The molecule has 5 heteroatoms. The van der Waals surface area contributed by atoms with Crippen LogP contribution in [0.2, 0.25) is 0 Å². The second-order valence-corrected chi connectivity index (χ2v) is 9.82.